The van der Waals surface area contributed by atoms with Crippen LogP contribution < -0.4 is 11.1 Å². The predicted molar refractivity (Wildman–Crippen MR) is 61.7 cm³/mol. The lowest BCUT2D eigenvalue weighted by Crippen LogP contribution is -2.31. The average molecular weight is 243 g/mol. The molecule has 0 saturated carbocycles. The Bertz CT molecular complexity index is 421. The first-order valence-electron chi connectivity index (χ1n) is 5.09. The summed E-state index contributed by atoms with van der Waals surface area (Å²) in [6.07, 6.45) is 0. The van der Waals surface area contributed by atoms with Gasteiger partial charge >= 0.3 is 0 Å². The lowest BCUT2D eigenvalue weighted by molar-refractivity contribution is 0.0947. The van der Waals surface area contributed by atoms with Crippen LogP contribution in [0.3, 0.4) is 0 Å². The summed E-state index contributed by atoms with van der Waals surface area (Å²) in [6, 6.07) is 1.60. The van der Waals surface area contributed by atoms with E-state index < -0.39 is 17.5 Å². The highest BCUT2D eigenvalue weighted by Crippen LogP contribution is 2.16. The van der Waals surface area contributed by atoms with Gasteiger partial charge in [0, 0.05) is 19.2 Å². The van der Waals surface area contributed by atoms with E-state index in [4.69, 9.17) is 5.73 Å². The van der Waals surface area contributed by atoms with Crippen molar-refractivity contribution in [3.8, 4) is 0 Å². The number of anilines is 1. The molecule has 4 nitrogen and oxygen atoms in total. The molecule has 3 N–H and O–H groups in total. The van der Waals surface area contributed by atoms with Crippen LogP contribution in [0, 0.1) is 11.6 Å². The van der Waals surface area contributed by atoms with Crippen LogP contribution in [0.4, 0.5) is 14.5 Å². The number of carbonyl (C=O) groups is 1. The van der Waals surface area contributed by atoms with Crippen LogP contribution in [0.15, 0.2) is 12.1 Å². The number of likely N-dealkylation sites (N-methyl/N-ethyl adjacent to an activating group) is 1. The van der Waals surface area contributed by atoms with E-state index in [0.717, 1.165) is 6.07 Å². The Morgan fingerprint density at radius 2 is 2.00 bits per heavy atom. The number of rotatable bonds is 4. The van der Waals surface area contributed by atoms with Gasteiger partial charge in [-0.3, -0.25) is 4.79 Å². The van der Waals surface area contributed by atoms with E-state index >= 15 is 0 Å². The van der Waals surface area contributed by atoms with Crippen molar-refractivity contribution < 1.29 is 13.6 Å². The second-order valence-electron chi connectivity index (χ2n) is 3.91. The quantitative estimate of drug-likeness (QED) is 0.770. The van der Waals surface area contributed by atoms with Gasteiger partial charge in [0.1, 0.15) is 11.6 Å². The maximum absolute atomic E-state index is 13.3. The van der Waals surface area contributed by atoms with Crippen LogP contribution in [0.25, 0.3) is 0 Å². The molecule has 0 aliphatic heterocycles. The summed E-state index contributed by atoms with van der Waals surface area (Å²) in [7, 11) is 3.70. The molecule has 94 valence electrons. The Morgan fingerprint density at radius 3 is 2.59 bits per heavy atom. The van der Waals surface area contributed by atoms with Crippen LogP contribution >= 0.6 is 0 Å². The molecule has 0 bridgehead atoms. The standard InChI is InChI=1S/C11H15F2N3O/c1-16(2)4-3-15-11(17)7-5-10(14)9(13)6-8(7)12/h5-6H,3-4,14H2,1-2H3,(H,15,17). The van der Waals surface area contributed by atoms with Gasteiger partial charge in [-0.15, -0.1) is 0 Å². The molecule has 0 spiro atoms. The van der Waals surface area contributed by atoms with E-state index in [-0.39, 0.29) is 11.3 Å². The molecule has 0 unspecified atom stereocenters. The predicted octanol–water partition coefficient (Wildman–Crippen LogP) is 0.838. The molecule has 1 aromatic carbocycles. The molecule has 0 fully saturated rings. The zero-order chi connectivity index (χ0) is 13.0. The summed E-state index contributed by atoms with van der Waals surface area (Å²) in [5.41, 5.74) is 4.78. The number of nitrogens with two attached hydrogens (primary N) is 1. The molecule has 1 aromatic rings. The average Bonchev–Trinajstić information content (AvgIpc) is 2.22. The smallest absolute Gasteiger partial charge is 0.254 e. The number of hydrogen-bond donors (Lipinski definition) is 2. The van der Waals surface area contributed by atoms with Crippen molar-refractivity contribution >= 4 is 11.6 Å². The van der Waals surface area contributed by atoms with Crippen LogP contribution in [0.2, 0.25) is 0 Å². The molecule has 17 heavy (non-hydrogen) atoms. The van der Waals surface area contributed by atoms with Crippen LogP contribution in [0.1, 0.15) is 10.4 Å². The summed E-state index contributed by atoms with van der Waals surface area (Å²) >= 11 is 0. The maximum atomic E-state index is 13.3. The number of hydrogen-bond acceptors (Lipinski definition) is 3. The van der Waals surface area contributed by atoms with E-state index in [1.54, 1.807) is 0 Å². The zero-order valence-electron chi connectivity index (χ0n) is 9.76. The van der Waals surface area contributed by atoms with Gasteiger partial charge in [0.15, 0.2) is 0 Å². The molecule has 0 aromatic heterocycles. The molecule has 0 radical (unpaired) electrons. The van der Waals surface area contributed by atoms with Crippen molar-refractivity contribution in [2.45, 2.75) is 0 Å². The van der Waals surface area contributed by atoms with E-state index in [1.807, 2.05) is 19.0 Å². The highest BCUT2D eigenvalue weighted by atomic mass is 19.1. The Hall–Kier alpha value is -1.69. The highest BCUT2D eigenvalue weighted by molar-refractivity contribution is 5.95. The molecule has 1 amide bonds. The Kier molecular flexibility index (Phi) is 4.39. The lowest BCUT2D eigenvalue weighted by atomic mass is 10.1. The minimum absolute atomic E-state index is 0.246. The van der Waals surface area contributed by atoms with Crippen molar-refractivity contribution in [3.05, 3.63) is 29.3 Å². The summed E-state index contributed by atoms with van der Waals surface area (Å²) in [5.74, 6) is -2.39. The Morgan fingerprint density at radius 1 is 1.35 bits per heavy atom. The van der Waals surface area contributed by atoms with Crippen molar-refractivity contribution in [2.24, 2.45) is 0 Å². The first-order chi connectivity index (χ1) is 7.91. The van der Waals surface area contributed by atoms with Crippen molar-refractivity contribution in [1.82, 2.24) is 10.2 Å². The molecule has 0 heterocycles. The third kappa shape index (κ3) is 3.67. The van der Waals surface area contributed by atoms with Gasteiger partial charge in [0.05, 0.1) is 11.3 Å². The zero-order valence-corrected chi connectivity index (χ0v) is 9.76. The van der Waals surface area contributed by atoms with Crippen LogP contribution in [-0.2, 0) is 0 Å². The monoisotopic (exact) mass is 243 g/mol. The molecular weight excluding hydrogens is 228 g/mol. The fraction of sp³-hybridized carbons (Fsp3) is 0.364. The van der Waals surface area contributed by atoms with Gasteiger partial charge in [0.25, 0.3) is 5.91 Å². The van der Waals surface area contributed by atoms with E-state index in [0.29, 0.717) is 19.2 Å². The van der Waals surface area contributed by atoms with Crippen LogP contribution in [-0.4, -0.2) is 38.0 Å². The number of carbonyl (C=O) groups excluding carboxylic acids is 1. The van der Waals surface area contributed by atoms with E-state index in [1.165, 1.54) is 0 Å². The minimum atomic E-state index is -0.918. The molecule has 0 aliphatic rings. The maximum Gasteiger partial charge on any atom is 0.254 e. The van der Waals surface area contributed by atoms with E-state index in [2.05, 4.69) is 5.32 Å². The fourth-order valence-electron chi connectivity index (χ4n) is 1.23. The molecule has 0 saturated heterocycles. The molecule has 6 heteroatoms. The lowest BCUT2D eigenvalue weighted by Gasteiger charge is -2.11. The number of nitrogens with zero attached hydrogens (tertiary/aromatic N) is 1. The second-order valence-corrected chi connectivity index (χ2v) is 3.91. The second kappa shape index (κ2) is 5.58. The topological polar surface area (TPSA) is 58.4 Å². The highest BCUT2D eigenvalue weighted by Gasteiger charge is 2.14. The van der Waals surface area contributed by atoms with E-state index in [9.17, 15) is 13.6 Å². The van der Waals surface area contributed by atoms with Gasteiger partial charge < -0.3 is 16.0 Å². The third-order valence-corrected chi connectivity index (χ3v) is 2.18. The first kappa shape index (κ1) is 13.4. The molecule has 0 aliphatic carbocycles. The summed E-state index contributed by atoms with van der Waals surface area (Å²) in [4.78, 5) is 13.4. The number of benzene rings is 1. The molecule has 0 atom stereocenters. The van der Waals surface area contributed by atoms with Gasteiger partial charge in [-0.25, -0.2) is 8.78 Å². The van der Waals surface area contributed by atoms with Gasteiger partial charge in [-0.1, -0.05) is 0 Å². The summed E-state index contributed by atoms with van der Waals surface area (Å²) in [5, 5.41) is 2.52. The number of amides is 1. The first-order valence-corrected chi connectivity index (χ1v) is 5.09. The largest absolute Gasteiger partial charge is 0.396 e. The normalized spacial score (nSPS) is 10.6. The van der Waals surface area contributed by atoms with Crippen molar-refractivity contribution in [2.75, 3.05) is 32.9 Å². The van der Waals surface area contributed by atoms with Crippen molar-refractivity contribution in [1.29, 1.82) is 0 Å². The van der Waals surface area contributed by atoms with Gasteiger partial charge in [0.2, 0.25) is 0 Å². The van der Waals surface area contributed by atoms with Crippen LogP contribution in [0.5, 0.6) is 0 Å². The van der Waals surface area contributed by atoms with Gasteiger partial charge in [-0.2, -0.15) is 0 Å². The number of nitrogens with one attached hydrogen (secondary N) is 1. The molecule has 1 rings (SSSR count). The van der Waals surface area contributed by atoms with Gasteiger partial charge in [-0.05, 0) is 20.2 Å². The number of nitrogen functional groups attached to an aromatic ring is 1. The SMILES string of the molecule is CN(C)CCNC(=O)c1cc(N)c(F)cc1F. The third-order valence-electron chi connectivity index (χ3n) is 2.18. The minimum Gasteiger partial charge on any atom is -0.396 e. The fourth-order valence-corrected chi connectivity index (χ4v) is 1.23. The number of halogens is 2. The Labute approximate surface area is 98.4 Å². The molecular formula is C11H15F2N3O. The summed E-state index contributed by atoms with van der Waals surface area (Å²) < 4.78 is 26.2. The van der Waals surface area contributed by atoms with Crippen molar-refractivity contribution in [3.63, 3.8) is 0 Å². The Balaban J connectivity index is 2.72. The summed E-state index contributed by atoms with van der Waals surface area (Å²) in [6.45, 7) is 1.01.